The zero-order chi connectivity index (χ0) is 27.8. The second-order valence-electron chi connectivity index (χ2n) is 8.43. The standard InChI is InChI=1S/C26H23N3O9S/c1-5-36-25(31)22-13(2)27-26-28(23(22)16-10-15(34-3)6-7-18(16)35-4)24(30)21(39-26)9-14-8-19-20(38-12-37-19)11-17(14)29(32)33/h6-11,23H,5,12H2,1-4H3/b21-9-/t23-/m1/s1. The van der Waals surface area contributed by atoms with E-state index in [1.165, 1.54) is 37.0 Å². The average molecular weight is 554 g/mol. The Bertz CT molecular complexity index is 1720. The van der Waals surface area contributed by atoms with Gasteiger partial charge in [0.1, 0.15) is 17.5 Å². The number of thiazole rings is 1. The van der Waals surface area contributed by atoms with Crippen molar-refractivity contribution < 1.29 is 33.4 Å². The normalized spacial score (nSPS) is 16.0. The number of rotatable bonds is 7. The Morgan fingerprint density at radius 3 is 2.64 bits per heavy atom. The fourth-order valence-electron chi connectivity index (χ4n) is 4.50. The third kappa shape index (κ3) is 4.50. The lowest BCUT2D eigenvalue weighted by Crippen LogP contribution is -2.40. The molecule has 0 aliphatic carbocycles. The lowest BCUT2D eigenvalue weighted by molar-refractivity contribution is -0.385. The van der Waals surface area contributed by atoms with Crippen LogP contribution >= 0.6 is 11.3 Å². The fraction of sp³-hybridized carbons (Fsp3) is 0.269. The number of aromatic nitrogens is 1. The zero-order valence-electron chi connectivity index (χ0n) is 21.4. The first kappa shape index (κ1) is 26.0. The summed E-state index contributed by atoms with van der Waals surface area (Å²) < 4.78 is 28.5. The highest BCUT2D eigenvalue weighted by atomic mass is 32.1. The lowest BCUT2D eigenvalue weighted by atomic mass is 9.94. The highest BCUT2D eigenvalue weighted by Gasteiger charge is 2.35. The largest absolute Gasteiger partial charge is 0.497 e. The van der Waals surface area contributed by atoms with Crippen molar-refractivity contribution in [3.8, 4) is 23.0 Å². The van der Waals surface area contributed by atoms with E-state index in [0.29, 0.717) is 33.3 Å². The molecule has 202 valence electrons. The maximum absolute atomic E-state index is 13.9. The van der Waals surface area contributed by atoms with Crippen molar-refractivity contribution in [2.24, 2.45) is 4.99 Å². The summed E-state index contributed by atoms with van der Waals surface area (Å²) in [5.41, 5.74) is 0.415. The number of esters is 1. The van der Waals surface area contributed by atoms with E-state index >= 15 is 0 Å². The van der Waals surface area contributed by atoms with E-state index in [1.807, 2.05) is 0 Å². The van der Waals surface area contributed by atoms with Gasteiger partial charge in [-0.05, 0) is 44.2 Å². The Morgan fingerprint density at radius 2 is 1.97 bits per heavy atom. The second-order valence-corrected chi connectivity index (χ2v) is 9.44. The highest BCUT2D eigenvalue weighted by Crippen LogP contribution is 2.39. The van der Waals surface area contributed by atoms with Crippen LogP contribution in [0.25, 0.3) is 6.08 Å². The van der Waals surface area contributed by atoms with Crippen molar-refractivity contribution in [1.29, 1.82) is 0 Å². The van der Waals surface area contributed by atoms with E-state index in [4.69, 9.17) is 23.7 Å². The maximum atomic E-state index is 13.9. The first-order valence-electron chi connectivity index (χ1n) is 11.8. The molecule has 3 aromatic rings. The maximum Gasteiger partial charge on any atom is 0.338 e. The molecule has 0 fully saturated rings. The summed E-state index contributed by atoms with van der Waals surface area (Å²) >= 11 is 1.04. The molecule has 2 aliphatic heterocycles. The summed E-state index contributed by atoms with van der Waals surface area (Å²) in [4.78, 5) is 43.1. The molecule has 2 aromatic carbocycles. The molecule has 0 radical (unpaired) electrons. The van der Waals surface area contributed by atoms with E-state index in [0.717, 1.165) is 11.3 Å². The quantitative estimate of drug-likeness (QED) is 0.245. The number of fused-ring (bicyclic) bond motifs is 2. The summed E-state index contributed by atoms with van der Waals surface area (Å²) in [5, 5.41) is 11.8. The zero-order valence-corrected chi connectivity index (χ0v) is 22.2. The molecule has 1 atom stereocenters. The first-order chi connectivity index (χ1) is 18.8. The Labute approximate surface area is 225 Å². The van der Waals surface area contributed by atoms with E-state index in [1.54, 1.807) is 32.0 Å². The third-order valence-electron chi connectivity index (χ3n) is 6.25. The molecular formula is C26H23N3O9S. The van der Waals surface area contributed by atoms with Crippen LogP contribution in [0.4, 0.5) is 5.69 Å². The summed E-state index contributed by atoms with van der Waals surface area (Å²) in [7, 11) is 2.98. The number of hydrogen-bond donors (Lipinski definition) is 0. The van der Waals surface area contributed by atoms with Gasteiger partial charge in [-0.2, -0.15) is 0 Å². The number of hydrogen-bond acceptors (Lipinski definition) is 11. The van der Waals surface area contributed by atoms with Gasteiger partial charge < -0.3 is 23.7 Å². The molecule has 3 heterocycles. The van der Waals surface area contributed by atoms with Crippen LogP contribution in [0.5, 0.6) is 23.0 Å². The van der Waals surface area contributed by atoms with Crippen molar-refractivity contribution in [2.75, 3.05) is 27.6 Å². The highest BCUT2D eigenvalue weighted by molar-refractivity contribution is 7.07. The van der Waals surface area contributed by atoms with Crippen molar-refractivity contribution in [2.45, 2.75) is 19.9 Å². The predicted molar refractivity (Wildman–Crippen MR) is 139 cm³/mol. The first-order valence-corrected chi connectivity index (χ1v) is 12.6. The van der Waals surface area contributed by atoms with Gasteiger partial charge in [-0.15, -0.1) is 0 Å². The molecule has 2 aliphatic rings. The van der Waals surface area contributed by atoms with Crippen LogP contribution in [0.2, 0.25) is 0 Å². The number of nitrogens with zero attached hydrogens (tertiary/aromatic N) is 3. The molecule has 39 heavy (non-hydrogen) atoms. The van der Waals surface area contributed by atoms with Crippen LogP contribution in [-0.2, 0) is 9.53 Å². The lowest BCUT2D eigenvalue weighted by Gasteiger charge is -2.26. The number of allylic oxidation sites excluding steroid dienone is 1. The van der Waals surface area contributed by atoms with Crippen LogP contribution in [0.1, 0.15) is 31.0 Å². The SMILES string of the molecule is CCOC(=O)C1=C(C)N=c2s/c(=C\c3cc4c(cc3[N+](=O)[O-])OCO4)c(=O)n2[C@@H]1c1cc(OC)ccc1OC. The second kappa shape index (κ2) is 10.3. The van der Waals surface area contributed by atoms with Gasteiger partial charge in [-0.3, -0.25) is 19.5 Å². The Balaban J connectivity index is 1.78. The molecule has 5 rings (SSSR count). The molecule has 0 saturated heterocycles. The number of carbonyl (C=O) groups is 1. The van der Waals surface area contributed by atoms with Crippen LogP contribution in [0.3, 0.4) is 0 Å². The van der Waals surface area contributed by atoms with E-state index in [2.05, 4.69) is 4.99 Å². The fourth-order valence-corrected chi connectivity index (χ4v) is 5.54. The molecule has 0 spiro atoms. The number of benzene rings is 2. The minimum Gasteiger partial charge on any atom is -0.497 e. The number of ether oxygens (including phenoxy) is 5. The average Bonchev–Trinajstić information content (AvgIpc) is 3.50. The van der Waals surface area contributed by atoms with Gasteiger partial charge in [0.2, 0.25) is 6.79 Å². The van der Waals surface area contributed by atoms with E-state index < -0.39 is 22.5 Å². The van der Waals surface area contributed by atoms with Gasteiger partial charge in [0.15, 0.2) is 16.3 Å². The van der Waals surface area contributed by atoms with Crippen LogP contribution in [-0.4, -0.2) is 43.1 Å². The Hall–Kier alpha value is -4.65. The van der Waals surface area contributed by atoms with Crippen LogP contribution in [0.15, 0.2) is 51.4 Å². The monoisotopic (exact) mass is 553 g/mol. The van der Waals surface area contributed by atoms with Crippen LogP contribution in [0, 0.1) is 10.1 Å². The number of methoxy groups -OCH3 is 2. The Kier molecular flexibility index (Phi) is 6.83. The molecule has 13 heteroatoms. The third-order valence-corrected chi connectivity index (χ3v) is 7.24. The van der Waals surface area contributed by atoms with Crippen molar-refractivity contribution in [3.63, 3.8) is 0 Å². The van der Waals surface area contributed by atoms with Crippen LogP contribution < -0.4 is 33.8 Å². The molecule has 0 saturated carbocycles. The van der Waals surface area contributed by atoms with Gasteiger partial charge in [-0.1, -0.05) is 11.3 Å². The van der Waals surface area contributed by atoms with Crippen molar-refractivity contribution in [1.82, 2.24) is 4.57 Å². The van der Waals surface area contributed by atoms with Gasteiger partial charge in [-0.25, -0.2) is 9.79 Å². The smallest absolute Gasteiger partial charge is 0.338 e. The summed E-state index contributed by atoms with van der Waals surface area (Å²) in [5.74, 6) is 0.855. The molecule has 0 N–H and O–H groups in total. The summed E-state index contributed by atoms with van der Waals surface area (Å²) in [6.45, 7) is 3.40. The summed E-state index contributed by atoms with van der Waals surface area (Å²) in [6.07, 6.45) is 1.41. The molecule has 12 nitrogen and oxygen atoms in total. The minimum atomic E-state index is -0.959. The molecule has 0 unspecified atom stereocenters. The van der Waals surface area contributed by atoms with Gasteiger partial charge in [0, 0.05) is 5.56 Å². The number of nitro groups is 1. The predicted octanol–water partition coefficient (Wildman–Crippen LogP) is 2.45. The van der Waals surface area contributed by atoms with E-state index in [-0.39, 0.29) is 40.5 Å². The topological polar surface area (TPSA) is 141 Å². The van der Waals surface area contributed by atoms with Gasteiger partial charge in [0.05, 0.1) is 53.2 Å². The van der Waals surface area contributed by atoms with Gasteiger partial charge >= 0.3 is 5.97 Å². The molecule has 1 aromatic heterocycles. The number of nitro benzene ring substituents is 1. The molecule has 0 amide bonds. The van der Waals surface area contributed by atoms with Crippen molar-refractivity contribution in [3.05, 3.63) is 82.5 Å². The minimum absolute atomic E-state index is 0.0591. The number of carbonyl (C=O) groups excluding carboxylic acids is 1. The molecule has 0 bridgehead atoms. The summed E-state index contributed by atoms with van der Waals surface area (Å²) in [6, 6.07) is 6.82. The van der Waals surface area contributed by atoms with E-state index in [9.17, 15) is 19.7 Å². The van der Waals surface area contributed by atoms with Gasteiger partial charge in [0.25, 0.3) is 11.2 Å². The molecular weight excluding hydrogens is 530 g/mol. The Morgan fingerprint density at radius 1 is 1.23 bits per heavy atom. The van der Waals surface area contributed by atoms with Crippen molar-refractivity contribution >= 4 is 29.1 Å².